The van der Waals surface area contributed by atoms with Gasteiger partial charge in [0.25, 0.3) is 0 Å². The minimum Gasteiger partial charge on any atom is -0.508 e. The van der Waals surface area contributed by atoms with Crippen molar-refractivity contribution < 1.29 is 9.84 Å². The van der Waals surface area contributed by atoms with E-state index in [4.69, 9.17) is 4.74 Å². The number of nitrogens with zero attached hydrogens (tertiary/aromatic N) is 2. The fourth-order valence-electron chi connectivity index (χ4n) is 5.04. The number of benzene rings is 1. The Morgan fingerprint density at radius 3 is 2.79 bits per heavy atom. The number of aromatic nitrogens is 2. The maximum absolute atomic E-state index is 11.1. The van der Waals surface area contributed by atoms with Crippen molar-refractivity contribution in [2.75, 3.05) is 0 Å². The summed E-state index contributed by atoms with van der Waals surface area (Å²) in [4.78, 5) is 0. The maximum atomic E-state index is 11.1. The van der Waals surface area contributed by atoms with Gasteiger partial charge in [0.1, 0.15) is 27.6 Å². The van der Waals surface area contributed by atoms with Crippen molar-refractivity contribution in [2.45, 2.75) is 77.2 Å². The van der Waals surface area contributed by atoms with E-state index >= 15 is 0 Å². The highest BCUT2D eigenvalue weighted by atomic mass is 32.1. The Kier molecular flexibility index (Phi) is 4.77. The number of hydrogen-bond acceptors (Lipinski definition) is 5. The summed E-state index contributed by atoms with van der Waals surface area (Å²) in [5.41, 5.74) is 4.87. The standard InChI is InChI=1S/C23H30N2O2S/c1-6-9-22(2,3)15-11-18(26)20-16-10-14(21-25-24-13-28-21)7-8-17(16)23(4,5)27-19(20)12-15/h7,11-13,16-17,26H,6,8-10H2,1-5H3/t16-,17-/m1/s1. The van der Waals surface area contributed by atoms with Crippen LogP contribution >= 0.6 is 11.3 Å². The van der Waals surface area contributed by atoms with Crippen LogP contribution in [-0.2, 0) is 5.41 Å². The Bertz CT molecular complexity index is 900. The van der Waals surface area contributed by atoms with Gasteiger partial charge in [-0.2, -0.15) is 0 Å². The van der Waals surface area contributed by atoms with Crippen LogP contribution < -0.4 is 4.74 Å². The molecule has 0 radical (unpaired) electrons. The molecule has 4 rings (SSSR count). The van der Waals surface area contributed by atoms with Gasteiger partial charge in [0.05, 0.1) is 0 Å². The van der Waals surface area contributed by atoms with Crippen molar-refractivity contribution in [3.8, 4) is 11.5 Å². The molecule has 28 heavy (non-hydrogen) atoms. The molecule has 0 spiro atoms. The third-order valence-electron chi connectivity index (χ3n) is 6.59. The number of ether oxygens (including phenoxy) is 1. The summed E-state index contributed by atoms with van der Waals surface area (Å²) in [6, 6.07) is 4.14. The molecule has 1 aromatic heterocycles. The second kappa shape index (κ2) is 6.87. The summed E-state index contributed by atoms with van der Waals surface area (Å²) < 4.78 is 6.49. The average molecular weight is 399 g/mol. The van der Waals surface area contributed by atoms with E-state index in [9.17, 15) is 5.11 Å². The predicted octanol–water partition coefficient (Wildman–Crippen LogP) is 6.07. The molecular formula is C23H30N2O2S. The van der Waals surface area contributed by atoms with Gasteiger partial charge in [-0.25, -0.2) is 0 Å². The van der Waals surface area contributed by atoms with Crippen LogP contribution in [0.25, 0.3) is 5.57 Å². The third kappa shape index (κ3) is 3.24. The SMILES string of the molecule is CCCC(C)(C)c1cc(O)c2c(c1)OC(C)(C)[C@@H]1CC=C(c3nncs3)C[C@@H]21. The van der Waals surface area contributed by atoms with Crippen molar-refractivity contribution >= 4 is 16.9 Å². The number of allylic oxidation sites excluding steroid dienone is 2. The number of hydrogen-bond donors (Lipinski definition) is 1. The molecule has 0 saturated carbocycles. The van der Waals surface area contributed by atoms with Crippen molar-refractivity contribution in [3.05, 3.63) is 39.9 Å². The molecule has 0 unspecified atom stereocenters. The fourth-order valence-corrected chi connectivity index (χ4v) is 5.65. The van der Waals surface area contributed by atoms with Crippen molar-refractivity contribution in [1.82, 2.24) is 10.2 Å². The van der Waals surface area contributed by atoms with E-state index < -0.39 is 0 Å². The molecule has 2 heterocycles. The fraction of sp³-hybridized carbons (Fsp3) is 0.565. The molecule has 1 N–H and O–H groups in total. The van der Waals surface area contributed by atoms with Gasteiger partial charge in [0, 0.05) is 17.4 Å². The first-order valence-corrected chi connectivity index (χ1v) is 11.1. The second-order valence-corrected chi connectivity index (χ2v) is 10.2. The Balaban J connectivity index is 1.78. The largest absolute Gasteiger partial charge is 0.508 e. The van der Waals surface area contributed by atoms with E-state index in [1.54, 1.807) is 16.8 Å². The monoisotopic (exact) mass is 398 g/mol. The minimum atomic E-state index is -0.277. The smallest absolute Gasteiger partial charge is 0.143 e. The lowest BCUT2D eigenvalue weighted by molar-refractivity contribution is 0.00910. The minimum absolute atomic E-state index is 0.00972. The molecule has 150 valence electrons. The molecule has 0 saturated heterocycles. The first kappa shape index (κ1) is 19.4. The van der Waals surface area contributed by atoms with Crippen LogP contribution in [0.15, 0.2) is 23.7 Å². The van der Waals surface area contributed by atoms with Crippen LogP contribution in [-0.4, -0.2) is 20.9 Å². The van der Waals surface area contributed by atoms with Crippen LogP contribution in [0.5, 0.6) is 11.5 Å². The van der Waals surface area contributed by atoms with Crippen molar-refractivity contribution in [3.63, 3.8) is 0 Å². The second-order valence-electron chi connectivity index (χ2n) is 9.37. The summed E-state index contributed by atoms with van der Waals surface area (Å²) in [5.74, 6) is 1.78. The Labute approximate surface area is 171 Å². The topological polar surface area (TPSA) is 55.2 Å². The summed E-state index contributed by atoms with van der Waals surface area (Å²) in [7, 11) is 0. The first-order valence-electron chi connectivity index (χ1n) is 10.2. The van der Waals surface area contributed by atoms with Gasteiger partial charge in [0.15, 0.2) is 0 Å². The molecule has 1 aliphatic heterocycles. The van der Waals surface area contributed by atoms with Crippen LogP contribution in [0, 0.1) is 5.92 Å². The predicted molar refractivity (Wildman–Crippen MR) is 114 cm³/mol. The molecule has 2 aromatic rings. The van der Waals surface area contributed by atoms with Crippen molar-refractivity contribution in [1.29, 1.82) is 0 Å². The zero-order valence-electron chi connectivity index (χ0n) is 17.5. The third-order valence-corrected chi connectivity index (χ3v) is 7.36. The molecule has 2 atom stereocenters. The van der Waals surface area contributed by atoms with E-state index in [1.165, 1.54) is 5.57 Å². The Morgan fingerprint density at radius 1 is 1.32 bits per heavy atom. The summed E-state index contributed by atoms with van der Waals surface area (Å²) in [5, 5.41) is 20.3. The average Bonchev–Trinajstić information content (AvgIpc) is 3.15. The van der Waals surface area contributed by atoms with E-state index in [0.717, 1.165) is 47.6 Å². The van der Waals surface area contributed by atoms with Gasteiger partial charge < -0.3 is 9.84 Å². The highest BCUT2D eigenvalue weighted by Crippen LogP contribution is 2.56. The van der Waals surface area contributed by atoms with Crippen molar-refractivity contribution in [2.24, 2.45) is 5.92 Å². The normalized spacial score (nSPS) is 23.4. The Morgan fingerprint density at radius 2 is 2.11 bits per heavy atom. The van der Waals surface area contributed by atoms with E-state index in [-0.39, 0.29) is 16.9 Å². The van der Waals surface area contributed by atoms with Gasteiger partial charge in [-0.05, 0) is 61.8 Å². The van der Waals surface area contributed by atoms with Crippen LogP contribution in [0.1, 0.15) is 82.4 Å². The molecule has 0 bridgehead atoms. The van der Waals surface area contributed by atoms with Gasteiger partial charge in [-0.3, -0.25) is 0 Å². The van der Waals surface area contributed by atoms with Crippen LogP contribution in [0.3, 0.4) is 0 Å². The number of phenols is 1. The highest BCUT2D eigenvalue weighted by molar-refractivity contribution is 7.10. The van der Waals surface area contributed by atoms with Gasteiger partial charge in [-0.15, -0.1) is 21.5 Å². The molecule has 1 aliphatic carbocycles. The first-order chi connectivity index (χ1) is 13.2. The van der Waals surface area contributed by atoms with E-state index in [2.05, 4.69) is 57.0 Å². The quantitative estimate of drug-likeness (QED) is 0.679. The number of phenolic OH excluding ortho intramolecular Hbond substituents is 1. The van der Waals surface area contributed by atoms with Crippen LogP contribution in [0.2, 0.25) is 0 Å². The summed E-state index contributed by atoms with van der Waals surface area (Å²) >= 11 is 1.58. The zero-order chi connectivity index (χ0) is 20.1. The molecule has 0 fully saturated rings. The molecule has 2 aliphatic rings. The van der Waals surface area contributed by atoms with Gasteiger partial charge >= 0.3 is 0 Å². The van der Waals surface area contributed by atoms with Crippen LogP contribution in [0.4, 0.5) is 0 Å². The molecule has 0 amide bonds. The van der Waals surface area contributed by atoms with E-state index in [1.807, 2.05) is 6.07 Å². The molecule has 4 nitrogen and oxygen atoms in total. The van der Waals surface area contributed by atoms with E-state index in [0.29, 0.717) is 11.7 Å². The lowest BCUT2D eigenvalue weighted by atomic mass is 9.66. The summed E-state index contributed by atoms with van der Waals surface area (Å²) in [6.45, 7) is 11.0. The molecular weight excluding hydrogens is 368 g/mol. The zero-order valence-corrected chi connectivity index (χ0v) is 18.3. The maximum Gasteiger partial charge on any atom is 0.143 e. The highest BCUT2D eigenvalue weighted by Gasteiger charge is 2.46. The molecule has 5 heteroatoms. The summed E-state index contributed by atoms with van der Waals surface area (Å²) in [6.07, 6.45) is 6.26. The number of rotatable bonds is 4. The number of fused-ring (bicyclic) bond motifs is 3. The van der Waals surface area contributed by atoms with Gasteiger partial charge in [0.2, 0.25) is 0 Å². The Hall–Kier alpha value is -1.88. The molecule has 1 aromatic carbocycles. The van der Waals surface area contributed by atoms with Gasteiger partial charge in [-0.1, -0.05) is 33.3 Å². The lowest BCUT2D eigenvalue weighted by Gasteiger charge is -2.47. The number of aromatic hydroxyl groups is 1. The lowest BCUT2D eigenvalue weighted by Crippen LogP contribution is -2.45.